The molecule has 0 aliphatic heterocycles. The highest BCUT2D eigenvalue weighted by Gasteiger charge is 2.41. The maximum absolute atomic E-state index is 13.8. The fourth-order valence-electron chi connectivity index (χ4n) is 3.08. The third-order valence-electron chi connectivity index (χ3n) is 4.77. The largest absolute Gasteiger partial charge is 0.480 e. The SMILES string of the molecule is CCN(CC)C(=O)c1ccc(NC(=O)c2cnn(-c3ccc(OC)nn3)c2C(F)(F)F)cc1. The number of nitrogens with zero attached hydrogens (tertiary/aromatic N) is 5. The number of halogens is 3. The molecule has 0 aliphatic carbocycles. The molecule has 0 saturated carbocycles. The van der Waals surface area contributed by atoms with E-state index in [9.17, 15) is 22.8 Å². The van der Waals surface area contributed by atoms with Crippen molar-refractivity contribution >= 4 is 17.5 Å². The van der Waals surface area contributed by atoms with Crippen molar-refractivity contribution in [1.29, 1.82) is 0 Å². The number of anilines is 1. The van der Waals surface area contributed by atoms with Crippen LogP contribution in [0.5, 0.6) is 5.88 Å². The van der Waals surface area contributed by atoms with Crippen LogP contribution in [-0.2, 0) is 6.18 Å². The first-order chi connectivity index (χ1) is 15.7. The van der Waals surface area contributed by atoms with Gasteiger partial charge >= 0.3 is 6.18 Å². The quantitative estimate of drug-likeness (QED) is 0.577. The number of methoxy groups -OCH3 is 1. The molecule has 0 atom stereocenters. The van der Waals surface area contributed by atoms with Gasteiger partial charge in [0.25, 0.3) is 11.8 Å². The summed E-state index contributed by atoms with van der Waals surface area (Å²) in [4.78, 5) is 26.7. The summed E-state index contributed by atoms with van der Waals surface area (Å²) < 4.78 is 46.7. The Morgan fingerprint density at radius 1 is 1.06 bits per heavy atom. The minimum atomic E-state index is -4.90. The third kappa shape index (κ3) is 5.10. The first kappa shape index (κ1) is 23.7. The van der Waals surface area contributed by atoms with Crippen LogP contribution in [-0.4, -0.2) is 56.9 Å². The highest BCUT2D eigenvalue weighted by atomic mass is 19.4. The maximum atomic E-state index is 13.8. The predicted molar refractivity (Wildman–Crippen MR) is 112 cm³/mol. The van der Waals surface area contributed by atoms with Gasteiger partial charge in [-0.1, -0.05) is 0 Å². The van der Waals surface area contributed by atoms with Crippen molar-refractivity contribution in [2.45, 2.75) is 20.0 Å². The molecule has 1 aromatic carbocycles. The summed E-state index contributed by atoms with van der Waals surface area (Å²) in [5, 5.41) is 13.4. The molecule has 0 aliphatic rings. The molecule has 12 heteroatoms. The minimum Gasteiger partial charge on any atom is -0.480 e. The van der Waals surface area contributed by atoms with E-state index in [-0.39, 0.29) is 23.3 Å². The monoisotopic (exact) mass is 462 g/mol. The summed E-state index contributed by atoms with van der Waals surface area (Å²) in [5.41, 5.74) is -1.36. The maximum Gasteiger partial charge on any atom is 0.434 e. The van der Waals surface area contributed by atoms with Crippen molar-refractivity contribution in [2.75, 3.05) is 25.5 Å². The summed E-state index contributed by atoms with van der Waals surface area (Å²) in [5.74, 6) is -1.32. The fourth-order valence-corrected chi connectivity index (χ4v) is 3.08. The topological polar surface area (TPSA) is 102 Å². The third-order valence-corrected chi connectivity index (χ3v) is 4.77. The van der Waals surface area contributed by atoms with Gasteiger partial charge in [-0.15, -0.1) is 10.2 Å². The number of benzene rings is 1. The van der Waals surface area contributed by atoms with Gasteiger partial charge in [-0.3, -0.25) is 9.59 Å². The Bertz CT molecular complexity index is 1120. The molecule has 0 unspecified atom stereocenters. The van der Waals surface area contributed by atoms with E-state index in [1.807, 2.05) is 13.8 Å². The Kier molecular flexibility index (Phi) is 6.95. The van der Waals surface area contributed by atoms with Gasteiger partial charge in [0.05, 0.1) is 18.9 Å². The van der Waals surface area contributed by atoms with Gasteiger partial charge in [-0.05, 0) is 44.2 Å². The van der Waals surface area contributed by atoms with E-state index < -0.39 is 23.3 Å². The number of nitrogens with one attached hydrogen (secondary N) is 1. The lowest BCUT2D eigenvalue weighted by Crippen LogP contribution is -2.30. The molecule has 0 saturated heterocycles. The standard InChI is InChI=1S/C21H21F3N6O3/c1-4-29(5-2)20(32)13-6-8-14(9-7-13)26-19(31)15-12-25-30(18(15)21(22,23)24)16-10-11-17(33-3)28-27-16/h6-12H,4-5H2,1-3H3,(H,26,31). The first-order valence-electron chi connectivity index (χ1n) is 9.93. The second kappa shape index (κ2) is 9.67. The summed E-state index contributed by atoms with van der Waals surface area (Å²) >= 11 is 0. The van der Waals surface area contributed by atoms with E-state index in [0.717, 1.165) is 6.20 Å². The number of carbonyl (C=O) groups excluding carboxylic acids is 2. The highest BCUT2D eigenvalue weighted by molar-refractivity contribution is 6.05. The van der Waals surface area contributed by atoms with Gasteiger partial charge in [0.2, 0.25) is 5.88 Å². The Morgan fingerprint density at radius 2 is 1.73 bits per heavy atom. The smallest absolute Gasteiger partial charge is 0.434 e. The number of amides is 2. The van der Waals surface area contributed by atoms with E-state index in [0.29, 0.717) is 23.3 Å². The fraction of sp³-hybridized carbons (Fsp3) is 0.286. The second-order valence-electron chi connectivity index (χ2n) is 6.76. The van der Waals surface area contributed by atoms with E-state index in [4.69, 9.17) is 4.74 Å². The van der Waals surface area contributed by atoms with Gasteiger partial charge < -0.3 is 15.0 Å². The van der Waals surface area contributed by atoms with Crippen molar-refractivity contribution in [3.8, 4) is 11.7 Å². The van der Waals surface area contributed by atoms with Gasteiger partial charge in [-0.2, -0.15) is 18.3 Å². The molecule has 33 heavy (non-hydrogen) atoms. The van der Waals surface area contributed by atoms with Crippen LogP contribution < -0.4 is 10.1 Å². The van der Waals surface area contributed by atoms with E-state index in [2.05, 4.69) is 20.6 Å². The van der Waals surface area contributed by atoms with Crippen molar-refractivity contribution in [3.05, 3.63) is 59.4 Å². The molecule has 0 radical (unpaired) electrons. The van der Waals surface area contributed by atoms with Crippen LogP contribution in [0.25, 0.3) is 5.82 Å². The van der Waals surface area contributed by atoms with E-state index in [1.165, 1.54) is 43.5 Å². The summed E-state index contributed by atoms with van der Waals surface area (Å²) in [7, 11) is 1.34. The minimum absolute atomic E-state index is 0.111. The number of carbonyl (C=O) groups is 2. The zero-order valence-electron chi connectivity index (χ0n) is 18.1. The lowest BCUT2D eigenvalue weighted by Gasteiger charge is -2.18. The first-order valence-corrected chi connectivity index (χ1v) is 9.93. The predicted octanol–water partition coefficient (Wildman–Crippen LogP) is 3.42. The van der Waals surface area contributed by atoms with Crippen LogP contribution in [0.3, 0.4) is 0 Å². The molecule has 3 rings (SSSR count). The zero-order valence-corrected chi connectivity index (χ0v) is 18.1. The lowest BCUT2D eigenvalue weighted by atomic mass is 10.1. The summed E-state index contributed by atoms with van der Waals surface area (Å²) in [6.45, 7) is 4.78. The molecule has 2 amide bonds. The average molecular weight is 462 g/mol. The Morgan fingerprint density at radius 3 is 2.24 bits per heavy atom. The Hall–Kier alpha value is -3.96. The van der Waals surface area contributed by atoms with Crippen LogP contribution in [0.1, 0.15) is 40.3 Å². The van der Waals surface area contributed by atoms with Crippen molar-refractivity contribution in [2.24, 2.45) is 0 Å². The van der Waals surface area contributed by atoms with Crippen LogP contribution in [0.15, 0.2) is 42.6 Å². The second-order valence-corrected chi connectivity index (χ2v) is 6.76. The molecule has 1 N–H and O–H groups in total. The zero-order chi connectivity index (χ0) is 24.2. The highest BCUT2D eigenvalue weighted by Crippen LogP contribution is 2.33. The number of ether oxygens (including phenoxy) is 1. The summed E-state index contributed by atoms with van der Waals surface area (Å²) in [6.07, 6.45) is -4.09. The Labute approximate surface area is 187 Å². The van der Waals surface area contributed by atoms with Gasteiger partial charge in [0.1, 0.15) is 0 Å². The van der Waals surface area contributed by atoms with Crippen molar-refractivity contribution < 1.29 is 27.5 Å². The van der Waals surface area contributed by atoms with Gasteiger partial charge in [-0.25, -0.2) is 4.68 Å². The average Bonchev–Trinajstić information content (AvgIpc) is 3.26. The Balaban J connectivity index is 1.87. The molecular weight excluding hydrogens is 441 g/mol. The van der Waals surface area contributed by atoms with Crippen LogP contribution >= 0.6 is 0 Å². The number of hydrogen-bond acceptors (Lipinski definition) is 6. The van der Waals surface area contributed by atoms with E-state index >= 15 is 0 Å². The normalized spacial score (nSPS) is 11.2. The van der Waals surface area contributed by atoms with Crippen molar-refractivity contribution in [1.82, 2.24) is 24.9 Å². The summed E-state index contributed by atoms with van der Waals surface area (Å²) in [6, 6.07) is 8.45. The number of alkyl halides is 3. The van der Waals surface area contributed by atoms with Crippen LogP contribution in [0.4, 0.5) is 18.9 Å². The van der Waals surface area contributed by atoms with E-state index in [1.54, 1.807) is 4.90 Å². The van der Waals surface area contributed by atoms with Crippen LogP contribution in [0, 0.1) is 0 Å². The van der Waals surface area contributed by atoms with Crippen molar-refractivity contribution in [3.63, 3.8) is 0 Å². The molecule has 9 nitrogen and oxygen atoms in total. The van der Waals surface area contributed by atoms with Gasteiger partial charge in [0.15, 0.2) is 11.5 Å². The number of hydrogen-bond donors (Lipinski definition) is 1. The lowest BCUT2D eigenvalue weighted by molar-refractivity contribution is -0.143. The number of rotatable bonds is 7. The molecule has 0 bridgehead atoms. The van der Waals surface area contributed by atoms with Gasteiger partial charge in [0, 0.05) is 30.4 Å². The number of aromatic nitrogens is 4. The molecule has 3 aromatic rings. The molecule has 0 spiro atoms. The molecular formula is C21H21F3N6O3. The van der Waals surface area contributed by atoms with Crippen LogP contribution in [0.2, 0.25) is 0 Å². The molecule has 0 fully saturated rings. The molecule has 2 aromatic heterocycles. The molecule has 174 valence electrons. The molecule has 2 heterocycles.